The molecule has 2 rings (SSSR count). The SMILES string of the molecule is O=[C-]c1ccccc1-c1[c-]cccc1.[Rh+2]. The van der Waals surface area contributed by atoms with Crippen LogP contribution in [-0.2, 0) is 24.3 Å². The molecule has 0 bridgehead atoms. The molecule has 0 fully saturated rings. The van der Waals surface area contributed by atoms with E-state index in [4.69, 9.17) is 0 Å². The minimum atomic E-state index is 0. The molecule has 0 saturated carbocycles. The summed E-state index contributed by atoms with van der Waals surface area (Å²) in [5.41, 5.74) is 2.38. The van der Waals surface area contributed by atoms with Gasteiger partial charge in [0.25, 0.3) is 0 Å². The van der Waals surface area contributed by atoms with Crippen molar-refractivity contribution in [1.82, 2.24) is 0 Å². The van der Waals surface area contributed by atoms with E-state index in [1.165, 1.54) is 0 Å². The van der Waals surface area contributed by atoms with Crippen LogP contribution in [0.2, 0.25) is 0 Å². The van der Waals surface area contributed by atoms with Gasteiger partial charge in [0.2, 0.25) is 0 Å². The van der Waals surface area contributed by atoms with Crippen molar-refractivity contribution in [3.8, 4) is 11.1 Å². The molecule has 0 N–H and O–H groups in total. The van der Waals surface area contributed by atoms with Gasteiger partial charge in [0.1, 0.15) is 0 Å². The van der Waals surface area contributed by atoms with E-state index in [1.807, 2.05) is 48.8 Å². The van der Waals surface area contributed by atoms with Crippen LogP contribution in [0.4, 0.5) is 0 Å². The Labute approximate surface area is 102 Å². The predicted octanol–water partition coefficient (Wildman–Crippen LogP) is 2.61. The van der Waals surface area contributed by atoms with Gasteiger partial charge in [-0.1, -0.05) is 12.1 Å². The monoisotopic (exact) mass is 283 g/mol. The average Bonchev–Trinajstić information content (AvgIpc) is 2.30. The fourth-order valence-electron chi connectivity index (χ4n) is 1.37. The zero-order valence-electron chi connectivity index (χ0n) is 7.86. The maximum absolute atomic E-state index is 10.7. The summed E-state index contributed by atoms with van der Waals surface area (Å²) in [7, 11) is 0. The van der Waals surface area contributed by atoms with Gasteiger partial charge in [-0.15, -0.1) is 53.1 Å². The molecule has 0 aliphatic heterocycles. The fraction of sp³-hybridized carbons (Fsp3) is 0. The molecule has 0 spiro atoms. The van der Waals surface area contributed by atoms with Crippen LogP contribution in [-0.4, -0.2) is 6.29 Å². The Kier molecular flexibility index (Phi) is 4.39. The van der Waals surface area contributed by atoms with Crippen molar-refractivity contribution < 1.29 is 24.3 Å². The first kappa shape index (κ1) is 11.8. The molecule has 0 atom stereocenters. The van der Waals surface area contributed by atoms with Gasteiger partial charge in [0, 0.05) is 0 Å². The molecule has 1 radical (unpaired) electrons. The Balaban J connectivity index is 0.00000112. The van der Waals surface area contributed by atoms with Crippen LogP contribution in [0, 0.1) is 6.07 Å². The van der Waals surface area contributed by atoms with Crippen molar-refractivity contribution in [2.45, 2.75) is 0 Å². The first-order valence-electron chi connectivity index (χ1n) is 4.36. The van der Waals surface area contributed by atoms with E-state index < -0.39 is 0 Å². The summed E-state index contributed by atoms with van der Waals surface area (Å²) in [6.45, 7) is 0. The van der Waals surface area contributed by atoms with Crippen molar-refractivity contribution in [1.29, 1.82) is 0 Å². The Morgan fingerprint density at radius 1 is 1.00 bits per heavy atom. The molecule has 75 valence electrons. The van der Waals surface area contributed by atoms with E-state index in [0.29, 0.717) is 5.56 Å². The van der Waals surface area contributed by atoms with Gasteiger partial charge in [0.05, 0.1) is 6.29 Å². The average molecular weight is 283 g/mol. The molecule has 1 nitrogen and oxygen atoms in total. The summed E-state index contributed by atoms with van der Waals surface area (Å²) in [4.78, 5) is 10.7. The van der Waals surface area contributed by atoms with Crippen molar-refractivity contribution in [3.05, 3.63) is 60.2 Å². The molecular formula is C13H8ORh. The molecule has 2 aromatic rings. The zero-order chi connectivity index (χ0) is 9.80. The van der Waals surface area contributed by atoms with E-state index >= 15 is 0 Å². The van der Waals surface area contributed by atoms with Crippen LogP contribution in [0.3, 0.4) is 0 Å². The summed E-state index contributed by atoms with van der Waals surface area (Å²) in [6.07, 6.45) is 1.92. The predicted molar refractivity (Wildman–Crippen MR) is 55.5 cm³/mol. The van der Waals surface area contributed by atoms with Crippen LogP contribution in [0.15, 0.2) is 48.5 Å². The second-order valence-corrected chi connectivity index (χ2v) is 2.92. The van der Waals surface area contributed by atoms with Crippen molar-refractivity contribution >= 4 is 6.29 Å². The van der Waals surface area contributed by atoms with Gasteiger partial charge in [-0.3, -0.25) is 0 Å². The molecule has 2 heteroatoms. The van der Waals surface area contributed by atoms with E-state index in [0.717, 1.165) is 11.1 Å². The second-order valence-electron chi connectivity index (χ2n) is 2.92. The number of carbonyl (C=O) groups excluding carboxylic acids is 1. The Hall–Kier alpha value is -1.27. The van der Waals surface area contributed by atoms with Crippen molar-refractivity contribution in [3.63, 3.8) is 0 Å². The van der Waals surface area contributed by atoms with Gasteiger partial charge in [-0.2, -0.15) is 6.07 Å². The van der Waals surface area contributed by atoms with Crippen molar-refractivity contribution in [2.75, 3.05) is 0 Å². The molecule has 0 unspecified atom stereocenters. The molecule has 0 aromatic heterocycles. The van der Waals surface area contributed by atoms with E-state index in [1.54, 1.807) is 6.07 Å². The van der Waals surface area contributed by atoms with Gasteiger partial charge >= 0.3 is 19.5 Å². The number of benzene rings is 2. The van der Waals surface area contributed by atoms with E-state index in [2.05, 4.69) is 6.07 Å². The zero-order valence-corrected chi connectivity index (χ0v) is 9.50. The molecule has 0 aliphatic carbocycles. The van der Waals surface area contributed by atoms with Gasteiger partial charge in [0.15, 0.2) is 0 Å². The maximum Gasteiger partial charge on any atom is 2.00 e. The minimum Gasteiger partial charge on any atom is -0.376 e. The molecule has 0 saturated heterocycles. The van der Waals surface area contributed by atoms with Crippen molar-refractivity contribution in [2.24, 2.45) is 0 Å². The van der Waals surface area contributed by atoms with Gasteiger partial charge in [-0.25, -0.2) is 0 Å². The Morgan fingerprint density at radius 2 is 1.73 bits per heavy atom. The van der Waals surface area contributed by atoms with Crippen LogP contribution < -0.4 is 0 Å². The van der Waals surface area contributed by atoms with Crippen LogP contribution >= 0.6 is 0 Å². The third kappa shape index (κ3) is 2.60. The Bertz CT molecular complexity index is 437. The van der Waals surface area contributed by atoms with Crippen LogP contribution in [0.25, 0.3) is 11.1 Å². The van der Waals surface area contributed by atoms with E-state index in [9.17, 15) is 4.79 Å². The molecule has 0 aliphatic rings. The number of rotatable bonds is 2. The summed E-state index contributed by atoms with van der Waals surface area (Å²) < 4.78 is 0. The maximum atomic E-state index is 10.7. The normalized spacial score (nSPS) is 9.07. The number of hydrogen-bond donors (Lipinski definition) is 0. The van der Waals surface area contributed by atoms with Gasteiger partial charge < -0.3 is 4.79 Å². The molecule has 15 heavy (non-hydrogen) atoms. The third-order valence-corrected chi connectivity index (χ3v) is 2.04. The molecule has 0 amide bonds. The first-order chi connectivity index (χ1) is 6.92. The van der Waals surface area contributed by atoms with Crippen LogP contribution in [0.5, 0.6) is 0 Å². The standard InChI is InChI=1S/C13H8O.Rh/c14-10-12-8-4-5-9-13(12)11-6-2-1-3-7-11;/h1-6,8-9H;/q-2;+2. The minimum absolute atomic E-state index is 0. The quantitative estimate of drug-likeness (QED) is 0.611. The van der Waals surface area contributed by atoms with Gasteiger partial charge in [-0.05, 0) is 0 Å². The number of hydrogen-bond acceptors (Lipinski definition) is 1. The Morgan fingerprint density at radius 3 is 2.40 bits per heavy atom. The summed E-state index contributed by atoms with van der Waals surface area (Å²) >= 11 is 0. The van der Waals surface area contributed by atoms with E-state index in [-0.39, 0.29) is 19.5 Å². The molecule has 0 heterocycles. The summed E-state index contributed by atoms with van der Waals surface area (Å²) in [5.74, 6) is 0. The smallest absolute Gasteiger partial charge is 0.376 e. The first-order valence-corrected chi connectivity index (χ1v) is 4.36. The fourth-order valence-corrected chi connectivity index (χ4v) is 1.37. The summed E-state index contributed by atoms with van der Waals surface area (Å²) in [5, 5.41) is 0. The topological polar surface area (TPSA) is 17.1 Å². The molecule has 2 aromatic carbocycles. The third-order valence-electron chi connectivity index (χ3n) is 2.04. The van der Waals surface area contributed by atoms with Crippen LogP contribution in [0.1, 0.15) is 5.56 Å². The summed E-state index contributed by atoms with van der Waals surface area (Å²) in [6, 6.07) is 18.0. The molecular weight excluding hydrogens is 275 g/mol. The largest absolute Gasteiger partial charge is 2.00 e. The second kappa shape index (κ2) is 5.57.